The van der Waals surface area contributed by atoms with Crippen LogP contribution in [0.1, 0.15) is 19.8 Å². The van der Waals surface area contributed by atoms with Gasteiger partial charge in [0.2, 0.25) is 0 Å². The van der Waals surface area contributed by atoms with E-state index in [1.165, 1.54) is 16.5 Å². The molecule has 1 unspecified atom stereocenters. The lowest BCUT2D eigenvalue weighted by Crippen LogP contribution is -2.52. The number of nitrogens with zero attached hydrogens (tertiary/aromatic N) is 3. The Labute approximate surface area is 117 Å². The van der Waals surface area contributed by atoms with Crippen molar-refractivity contribution in [2.75, 3.05) is 19.8 Å². The highest BCUT2D eigenvalue weighted by Crippen LogP contribution is 2.31. The first-order valence-corrected chi connectivity index (χ1v) is 7.35. The number of unbranched alkanes of at least 4 members (excludes halogenated alkanes) is 1. The van der Waals surface area contributed by atoms with Crippen molar-refractivity contribution < 1.29 is 14.2 Å². The third kappa shape index (κ3) is 2.49. The molecule has 0 aromatic carbocycles. The van der Waals surface area contributed by atoms with Crippen LogP contribution in [0.3, 0.4) is 0 Å². The molecule has 1 atom stereocenters. The Balaban J connectivity index is 2.30. The molecular formula is C13H18N3O2S+. The van der Waals surface area contributed by atoms with E-state index < -0.39 is 5.92 Å². The summed E-state index contributed by atoms with van der Waals surface area (Å²) in [7, 11) is 3.18. The van der Waals surface area contributed by atoms with Gasteiger partial charge in [-0.3, -0.25) is 4.79 Å². The SMILES string of the molecule is CCCCSC1=CC=NC2=[N+](C)C(=O)N(C)C(=O)C12. The number of urea groups is 1. The zero-order valence-corrected chi connectivity index (χ0v) is 12.2. The minimum atomic E-state index is -0.417. The predicted molar refractivity (Wildman–Crippen MR) is 76.8 cm³/mol. The number of fused-ring (bicyclic) bond motifs is 1. The fourth-order valence-electron chi connectivity index (χ4n) is 2.07. The maximum Gasteiger partial charge on any atom is 0.445 e. The van der Waals surface area contributed by atoms with Crippen molar-refractivity contribution in [3.05, 3.63) is 11.0 Å². The van der Waals surface area contributed by atoms with Crippen molar-refractivity contribution in [3.8, 4) is 0 Å². The Kier molecular flexibility index (Phi) is 4.19. The number of thioether (sulfide) groups is 1. The first-order valence-electron chi connectivity index (χ1n) is 6.37. The molecule has 0 aromatic heterocycles. The molecule has 0 saturated heterocycles. The molecule has 0 aliphatic carbocycles. The molecule has 2 heterocycles. The normalized spacial score (nSPS) is 22.8. The van der Waals surface area contributed by atoms with E-state index in [4.69, 9.17) is 0 Å². The van der Waals surface area contributed by atoms with Gasteiger partial charge in [0.25, 0.3) is 5.84 Å². The molecule has 102 valence electrons. The molecule has 0 radical (unpaired) electrons. The van der Waals surface area contributed by atoms with Crippen molar-refractivity contribution in [2.45, 2.75) is 19.8 Å². The maximum atomic E-state index is 12.3. The number of amidine groups is 1. The molecule has 0 spiro atoms. The van der Waals surface area contributed by atoms with Crippen LogP contribution in [0.4, 0.5) is 4.79 Å². The summed E-state index contributed by atoms with van der Waals surface area (Å²) in [5.74, 6) is 0.911. The summed E-state index contributed by atoms with van der Waals surface area (Å²) in [6.45, 7) is 2.14. The van der Waals surface area contributed by atoms with Crippen LogP contribution in [0.25, 0.3) is 0 Å². The minimum absolute atomic E-state index is 0.190. The van der Waals surface area contributed by atoms with E-state index in [0.29, 0.717) is 5.84 Å². The molecule has 5 nitrogen and oxygen atoms in total. The van der Waals surface area contributed by atoms with E-state index in [1.54, 1.807) is 25.0 Å². The van der Waals surface area contributed by atoms with Crippen LogP contribution in [0.2, 0.25) is 0 Å². The highest BCUT2D eigenvalue weighted by Gasteiger charge is 2.46. The summed E-state index contributed by atoms with van der Waals surface area (Å²) >= 11 is 1.68. The number of amides is 3. The minimum Gasteiger partial charge on any atom is -0.255 e. The third-order valence-corrected chi connectivity index (χ3v) is 4.45. The second-order valence-electron chi connectivity index (χ2n) is 4.58. The van der Waals surface area contributed by atoms with E-state index in [1.807, 2.05) is 6.08 Å². The fourth-order valence-corrected chi connectivity index (χ4v) is 3.27. The van der Waals surface area contributed by atoms with Crippen molar-refractivity contribution >= 4 is 35.8 Å². The molecule has 6 heteroatoms. The quantitative estimate of drug-likeness (QED) is 0.582. The Bertz CT molecular complexity index is 508. The van der Waals surface area contributed by atoms with Crippen molar-refractivity contribution in [2.24, 2.45) is 10.9 Å². The molecule has 0 N–H and O–H groups in total. The van der Waals surface area contributed by atoms with Gasteiger partial charge in [0.15, 0.2) is 5.92 Å². The summed E-state index contributed by atoms with van der Waals surface area (Å²) in [6.07, 6.45) is 5.79. The Hall–Kier alpha value is -1.43. The highest BCUT2D eigenvalue weighted by molar-refractivity contribution is 8.03. The number of carbonyl (C=O) groups excluding carboxylic acids is 2. The number of allylic oxidation sites excluding steroid dienone is 1. The van der Waals surface area contributed by atoms with Gasteiger partial charge in [0, 0.05) is 4.91 Å². The Morgan fingerprint density at radius 3 is 2.89 bits per heavy atom. The lowest BCUT2D eigenvalue weighted by atomic mass is 10.0. The van der Waals surface area contributed by atoms with E-state index >= 15 is 0 Å². The molecule has 0 fully saturated rings. The molecule has 0 saturated carbocycles. The van der Waals surface area contributed by atoms with E-state index in [0.717, 1.165) is 23.5 Å². The molecule has 2 aliphatic rings. The van der Waals surface area contributed by atoms with Crippen LogP contribution in [0, 0.1) is 5.92 Å². The Morgan fingerprint density at radius 1 is 1.47 bits per heavy atom. The summed E-state index contributed by atoms with van der Waals surface area (Å²) in [5, 5.41) is 0. The van der Waals surface area contributed by atoms with Crippen LogP contribution in [-0.4, -0.2) is 53.3 Å². The monoisotopic (exact) mass is 280 g/mol. The summed E-state index contributed by atoms with van der Waals surface area (Å²) in [5.41, 5.74) is 0. The standard InChI is InChI=1S/C13H18N3O2S/c1-4-5-8-19-9-6-7-14-11-10(9)12(17)16(3)13(18)15(11)2/h6-7,10H,4-5,8H2,1-3H3/q+1. The zero-order valence-electron chi connectivity index (χ0n) is 11.4. The first-order chi connectivity index (χ1) is 9.07. The van der Waals surface area contributed by atoms with E-state index in [9.17, 15) is 9.59 Å². The van der Waals surface area contributed by atoms with Gasteiger partial charge in [0.05, 0.1) is 14.1 Å². The molecule has 19 heavy (non-hydrogen) atoms. The van der Waals surface area contributed by atoms with Crippen molar-refractivity contribution in [1.29, 1.82) is 0 Å². The highest BCUT2D eigenvalue weighted by atomic mass is 32.2. The van der Waals surface area contributed by atoms with E-state index in [2.05, 4.69) is 11.9 Å². The third-order valence-electron chi connectivity index (χ3n) is 3.25. The lowest BCUT2D eigenvalue weighted by molar-refractivity contribution is -0.407. The van der Waals surface area contributed by atoms with Gasteiger partial charge >= 0.3 is 11.9 Å². The molecule has 2 aliphatic heterocycles. The summed E-state index contributed by atoms with van der Waals surface area (Å²) < 4.78 is 1.45. The summed E-state index contributed by atoms with van der Waals surface area (Å²) in [6, 6.07) is -0.326. The second-order valence-corrected chi connectivity index (χ2v) is 5.75. The van der Waals surface area contributed by atoms with Crippen LogP contribution < -0.4 is 0 Å². The van der Waals surface area contributed by atoms with Crippen molar-refractivity contribution in [3.63, 3.8) is 0 Å². The molecular weight excluding hydrogens is 262 g/mol. The average molecular weight is 280 g/mol. The van der Waals surface area contributed by atoms with Gasteiger partial charge in [-0.1, -0.05) is 13.3 Å². The molecule has 0 bridgehead atoms. The molecule has 0 aromatic rings. The largest absolute Gasteiger partial charge is 0.445 e. The van der Waals surface area contributed by atoms with Crippen LogP contribution in [0.15, 0.2) is 16.0 Å². The number of hydrogen-bond acceptors (Lipinski definition) is 4. The first kappa shape index (κ1) is 14.0. The van der Waals surface area contributed by atoms with E-state index in [-0.39, 0.29) is 11.9 Å². The number of aliphatic imine (C=N–C) groups is 1. The molecule has 2 rings (SSSR count). The number of hydrogen-bond donors (Lipinski definition) is 0. The second kappa shape index (κ2) is 5.69. The zero-order chi connectivity index (χ0) is 14.0. The van der Waals surface area contributed by atoms with Gasteiger partial charge in [0.1, 0.15) is 6.21 Å². The lowest BCUT2D eigenvalue weighted by Gasteiger charge is -2.26. The predicted octanol–water partition coefficient (Wildman–Crippen LogP) is 1.74. The number of carbonyl (C=O) groups is 2. The average Bonchev–Trinajstić information content (AvgIpc) is 2.43. The number of dihydropyridines is 1. The Morgan fingerprint density at radius 2 is 2.21 bits per heavy atom. The number of rotatable bonds is 4. The van der Waals surface area contributed by atoms with Crippen LogP contribution in [-0.2, 0) is 4.79 Å². The van der Waals surface area contributed by atoms with Gasteiger partial charge in [-0.15, -0.1) is 16.8 Å². The maximum absolute atomic E-state index is 12.3. The number of imide groups is 1. The van der Waals surface area contributed by atoms with Gasteiger partial charge in [-0.05, 0) is 18.2 Å². The van der Waals surface area contributed by atoms with Crippen molar-refractivity contribution in [1.82, 2.24) is 4.90 Å². The van der Waals surface area contributed by atoms with Crippen LogP contribution in [0.5, 0.6) is 0 Å². The summed E-state index contributed by atoms with van der Waals surface area (Å²) in [4.78, 5) is 30.5. The topological polar surface area (TPSA) is 52.8 Å². The van der Waals surface area contributed by atoms with Gasteiger partial charge in [-0.25, -0.2) is 4.79 Å². The van der Waals surface area contributed by atoms with Gasteiger partial charge in [-0.2, -0.15) is 9.48 Å². The van der Waals surface area contributed by atoms with Gasteiger partial charge < -0.3 is 0 Å². The molecule has 3 amide bonds. The fraction of sp³-hybridized carbons (Fsp3) is 0.538. The van der Waals surface area contributed by atoms with Crippen LogP contribution >= 0.6 is 11.8 Å². The smallest absolute Gasteiger partial charge is 0.255 e.